The highest BCUT2D eigenvalue weighted by Gasteiger charge is 2.12. The molecule has 0 amide bonds. The third-order valence-corrected chi connectivity index (χ3v) is 5.51. The lowest BCUT2D eigenvalue weighted by molar-refractivity contribution is 0.310. The second-order valence-corrected chi connectivity index (χ2v) is 7.44. The lowest BCUT2D eigenvalue weighted by Crippen LogP contribution is -2.18. The van der Waals surface area contributed by atoms with Crippen molar-refractivity contribution in [1.29, 1.82) is 0 Å². The molecule has 0 spiro atoms. The highest BCUT2D eigenvalue weighted by molar-refractivity contribution is 6.10. The first-order chi connectivity index (χ1) is 13.4. The third-order valence-electron chi connectivity index (χ3n) is 5.51. The van der Waals surface area contributed by atoms with Crippen LogP contribution in [0.5, 0.6) is 5.75 Å². The molecular weight excluding hydrogens is 332 g/mol. The van der Waals surface area contributed by atoms with Crippen LogP contribution < -0.4 is 4.74 Å². The van der Waals surface area contributed by atoms with E-state index < -0.39 is 0 Å². The summed E-state index contributed by atoms with van der Waals surface area (Å²) in [6.07, 6.45) is 2.68. The first-order valence-electron chi connectivity index (χ1n) is 9.79. The van der Waals surface area contributed by atoms with Crippen LogP contribution in [0.2, 0.25) is 0 Å². The molecule has 1 fully saturated rings. The SMILES string of the molecule is c1ccc2c(c1)[nH]c1cccc(OCc3ccc(CN4CCCC4)cc3)c12. The standard InChI is InChI=1S/C24H24N2O/c1-2-7-21-20(6-1)24-22(25-21)8-5-9-23(24)27-17-19-12-10-18(11-13-19)16-26-14-3-4-15-26/h1-2,5-13,25H,3-4,14-17H2. The number of fused-ring (bicyclic) bond motifs is 3. The Morgan fingerprint density at radius 1 is 0.778 bits per heavy atom. The number of likely N-dealkylation sites (tertiary alicyclic amines) is 1. The number of nitrogens with one attached hydrogen (secondary N) is 1. The molecule has 3 heteroatoms. The zero-order chi connectivity index (χ0) is 18.1. The van der Waals surface area contributed by atoms with E-state index in [1.54, 1.807) is 0 Å². The largest absolute Gasteiger partial charge is 0.488 e. The smallest absolute Gasteiger partial charge is 0.129 e. The highest BCUT2D eigenvalue weighted by atomic mass is 16.5. The minimum Gasteiger partial charge on any atom is -0.488 e. The zero-order valence-corrected chi connectivity index (χ0v) is 15.4. The maximum absolute atomic E-state index is 6.21. The molecule has 0 bridgehead atoms. The van der Waals surface area contributed by atoms with Crippen LogP contribution in [0.4, 0.5) is 0 Å². The molecule has 0 unspecified atom stereocenters. The van der Waals surface area contributed by atoms with Crippen molar-refractivity contribution >= 4 is 21.8 Å². The van der Waals surface area contributed by atoms with Gasteiger partial charge < -0.3 is 9.72 Å². The molecule has 1 saturated heterocycles. The third kappa shape index (κ3) is 3.31. The second-order valence-electron chi connectivity index (χ2n) is 7.44. The maximum atomic E-state index is 6.21. The van der Waals surface area contributed by atoms with Crippen LogP contribution in [-0.2, 0) is 13.2 Å². The maximum Gasteiger partial charge on any atom is 0.129 e. The van der Waals surface area contributed by atoms with Gasteiger partial charge in [0.05, 0.1) is 5.52 Å². The van der Waals surface area contributed by atoms with Gasteiger partial charge in [-0.2, -0.15) is 0 Å². The molecule has 0 atom stereocenters. The highest BCUT2D eigenvalue weighted by Crippen LogP contribution is 2.33. The van der Waals surface area contributed by atoms with E-state index in [0.717, 1.165) is 23.3 Å². The van der Waals surface area contributed by atoms with Crippen molar-refractivity contribution in [3.63, 3.8) is 0 Å². The molecule has 4 aromatic rings. The number of para-hydroxylation sites is 1. The lowest BCUT2D eigenvalue weighted by Gasteiger charge is -2.15. The Morgan fingerprint density at radius 3 is 2.37 bits per heavy atom. The van der Waals surface area contributed by atoms with Gasteiger partial charge in [-0.3, -0.25) is 4.90 Å². The number of ether oxygens (including phenoxy) is 1. The monoisotopic (exact) mass is 356 g/mol. The molecule has 0 aliphatic carbocycles. The molecule has 1 aromatic heterocycles. The average Bonchev–Trinajstić information content (AvgIpc) is 3.35. The fourth-order valence-corrected chi connectivity index (χ4v) is 4.09. The van der Waals surface area contributed by atoms with Crippen LogP contribution in [0.25, 0.3) is 21.8 Å². The fraction of sp³-hybridized carbons (Fsp3) is 0.250. The molecule has 3 nitrogen and oxygen atoms in total. The van der Waals surface area contributed by atoms with Gasteiger partial charge in [-0.05, 0) is 55.3 Å². The molecule has 5 rings (SSSR count). The van der Waals surface area contributed by atoms with Gasteiger partial charge >= 0.3 is 0 Å². The van der Waals surface area contributed by atoms with Crippen molar-refractivity contribution < 1.29 is 4.74 Å². The van der Waals surface area contributed by atoms with Gasteiger partial charge in [0.15, 0.2) is 0 Å². The second kappa shape index (κ2) is 7.09. The summed E-state index contributed by atoms with van der Waals surface area (Å²) in [6.45, 7) is 4.12. The molecule has 2 heterocycles. The van der Waals surface area contributed by atoms with Crippen LogP contribution in [-0.4, -0.2) is 23.0 Å². The summed E-state index contributed by atoms with van der Waals surface area (Å²) < 4.78 is 6.21. The lowest BCUT2D eigenvalue weighted by atomic mass is 10.1. The van der Waals surface area contributed by atoms with Gasteiger partial charge in [0.2, 0.25) is 0 Å². The summed E-state index contributed by atoms with van der Waals surface area (Å²) in [4.78, 5) is 6.00. The van der Waals surface area contributed by atoms with Crippen molar-refractivity contribution in [3.05, 3.63) is 77.9 Å². The normalized spacial score (nSPS) is 15.0. The number of nitrogens with zero attached hydrogens (tertiary/aromatic N) is 1. The van der Waals surface area contributed by atoms with Gasteiger partial charge in [-0.15, -0.1) is 0 Å². The molecule has 136 valence electrons. The molecule has 1 aliphatic rings. The molecule has 0 saturated carbocycles. The molecule has 1 N–H and O–H groups in total. The molecule has 3 aromatic carbocycles. The van der Waals surface area contributed by atoms with Gasteiger partial charge in [-0.1, -0.05) is 48.5 Å². The minimum absolute atomic E-state index is 0.586. The summed E-state index contributed by atoms with van der Waals surface area (Å²) >= 11 is 0. The fourth-order valence-electron chi connectivity index (χ4n) is 4.09. The average molecular weight is 356 g/mol. The van der Waals surface area contributed by atoms with Crippen LogP contribution in [0, 0.1) is 0 Å². The Bertz CT molecular complexity index is 1060. The Balaban J connectivity index is 1.34. The summed E-state index contributed by atoms with van der Waals surface area (Å²) in [6, 6.07) is 23.5. The Morgan fingerprint density at radius 2 is 1.52 bits per heavy atom. The van der Waals surface area contributed by atoms with Crippen molar-refractivity contribution in [2.24, 2.45) is 0 Å². The van der Waals surface area contributed by atoms with E-state index in [9.17, 15) is 0 Å². The summed E-state index contributed by atoms with van der Waals surface area (Å²) in [5, 5.41) is 2.38. The van der Waals surface area contributed by atoms with Crippen LogP contribution >= 0.6 is 0 Å². The van der Waals surface area contributed by atoms with E-state index in [-0.39, 0.29) is 0 Å². The predicted octanol–water partition coefficient (Wildman–Crippen LogP) is 5.50. The Kier molecular flexibility index (Phi) is 4.30. The first-order valence-corrected chi connectivity index (χ1v) is 9.79. The number of aromatic nitrogens is 1. The van der Waals surface area contributed by atoms with Crippen molar-refractivity contribution in [2.75, 3.05) is 13.1 Å². The summed E-state index contributed by atoms with van der Waals surface area (Å²) in [5.41, 5.74) is 4.86. The summed E-state index contributed by atoms with van der Waals surface area (Å²) in [5.74, 6) is 0.936. The van der Waals surface area contributed by atoms with Crippen molar-refractivity contribution in [1.82, 2.24) is 9.88 Å². The van der Waals surface area contributed by atoms with E-state index in [2.05, 4.69) is 70.5 Å². The van der Waals surface area contributed by atoms with E-state index in [1.807, 2.05) is 6.07 Å². The van der Waals surface area contributed by atoms with Crippen LogP contribution in [0.1, 0.15) is 24.0 Å². The number of hydrogen-bond acceptors (Lipinski definition) is 2. The van der Waals surface area contributed by atoms with E-state index in [4.69, 9.17) is 4.74 Å². The van der Waals surface area contributed by atoms with Gasteiger partial charge in [0.25, 0.3) is 0 Å². The zero-order valence-electron chi connectivity index (χ0n) is 15.4. The number of aromatic amines is 1. The quantitative estimate of drug-likeness (QED) is 0.512. The van der Waals surface area contributed by atoms with Gasteiger partial charge in [0, 0.05) is 22.8 Å². The molecule has 27 heavy (non-hydrogen) atoms. The number of H-pyrrole nitrogens is 1. The Hall–Kier alpha value is -2.78. The summed E-state index contributed by atoms with van der Waals surface area (Å²) in [7, 11) is 0. The van der Waals surface area contributed by atoms with Crippen LogP contribution in [0.15, 0.2) is 66.7 Å². The van der Waals surface area contributed by atoms with Crippen LogP contribution in [0.3, 0.4) is 0 Å². The number of benzene rings is 3. The van der Waals surface area contributed by atoms with Crippen molar-refractivity contribution in [3.8, 4) is 5.75 Å². The first kappa shape index (κ1) is 16.4. The molecule has 0 radical (unpaired) electrons. The van der Waals surface area contributed by atoms with E-state index >= 15 is 0 Å². The Labute approximate surface area is 159 Å². The number of rotatable bonds is 5. The van der Waals surface area contributed by atoms with Crippen molar-refractivity contribution in [2.45, 2.75) is 26.0 Å². The van der Waals surface area contributed by atoms with E-state index in [1.165, 1.54) is 47.8 Å². The van der Waals surface area contributed by atoms with E-state index in [0.29, 0.717) is 6.61 Å². The molecule has 1 aliphatic heterocycles. The molecular formula is C24H24N2O. The topological polar surface area (TPSA) is 28.3 Å². The van der Waals surface area contributed by atoms with Gasteiger partial charge in [-0.25, -0.2) is 0 Å². The van der Waals surface area contributed by atoms with Gasteiger partial charge in [0.1, 0.15) is 12.4 Å². The minimum atomic E-state index is 0.586. The predicted molar refractivity (Wildman–Crippen MR) is 111 cm³/mol. The number of hydrogen-bond donors (Lipinski definition) is 1.